The van der Waals surface area contributed by atoms with Crippen LogP contribution in [-0.4, -0.2) is 19.6 Å². The van der Waals surface area contributed by atoms with Crippen LogP contribution < -0.4 is 15.4 Å². The van der Waals surface area contributed by atoms with Crippen molar-refractivity contribution in [3.8, 4) is 5.75 Å². The Morgan fingerprint density at radius 1 is 1.16 bits per heavy atom. The third kappa shape index (κ3) is 5.57. The van der Waals surface area contributed by atoms with Gasteiger partial charge in [-0.15, -0.1) is 0 Å². The SMILES string of the molecule is COc1cccc(NC(=O)CNC(c2ccc(F)cc2)C(C)(C)C)c1. The molecule has 4 nitrogen and oxygen atoms in total. The lowest BCUT2D eigenvalue weighted by Crippen LogP contribution is -2.37. The summed E-state index contributed by atoms with van der Waals surface area (Å²) in [6.07, 6.45) is 0. The Morgan fingerprint density at radius 2 is 1.84 bits per heavy atom. The van der Waals surface area contributed by atoms with E-state index < -0.39 is 0 Å². The Balaban J connectivity index is 2.02. The van der Waals surface area contributed by atoms with E-state index in [1.807, 2.05) is 18.2 Å². The molecule has 1 atom stereocenters. The molecule has 1 unspecified atom stereocenters. The van der Waals surface area contributed by atoms with Crippen LogP contribution in [0.3, 0.4) is 0 Å². The van der Waals surface area contributed by atoms with Crippen LogP contribution in [-0.2, 0) is 4.79 Å². The zero-order valence-corrected chi connectivity index (χ0v) is 15.1. The number of amides is 1. The standard InChI is InChI=1S/C20H25FN2O2/c1-20(2,3)19(14-8-10-15(21)11-9-14)22-13-18(24)23-16-6-5-7-17(12-16)25-4/h5-12,19,22H,13H2,1-4H3,(H,23,24). The minimum atomic E-state index is -0.271. The fraction of sp³-hybridized carbons (Fsp3) is 0.350. The van der Waals surface area contributed by atoms with Gasteiger partial charge in [0.05, 0.1) is 13.7 Å². The molecule has 0 aliphatic rings. The van der Waals surface area contributed by atoms with Gasteiger partial charge in [-0.3, -0.25) is 4.79 Å². The minimum Gasteiger partial charge on any atom is -0.497 e. The van der Waals surface area contributed by atoms with Crippen LogP contribution in [0.1, 0.15) is 32.4 Å². The first-order valence-electron chi connectivity index (χ1n) is 8.22. The smallest absolute Gasteiger partial charge is 0.238 e. The zero-order chi connectivity index (χ0) is 18.4. The van der Waals surface area contributed by atoms with Crippen molar-refractivity contribution in [3.63, 3.8) is 0 Å². The number of hydrogen-bond donors (Lipinski definition) is 2. The molecular formula is C20H25FN2O2. The number of anilines is 1. The Bertz CT molecular complexity index is 708. The van der Waals surface area contributed by atoms with E-state index in [2.05, 4.69) is 31.4 Å². The topological polar surface area (TPSA) is 50.4 Å². The summed E-state index contributed by atoms with van der Waals surface area (Å²) in [6, 6.07) is 13.5. The van der Waals surface area contributed by atoms with Crippen LogP contribution in [0.5, 0.6) is 5.75 Å². The number of rotatable bonds is 6. The van der Waals surface area contributed by atoms with E-state index in [-0.39, 0.29) is 29.7 Å². The number of nitrogens with one attached hydrogen (secondary N) is 2. The molecule has 0 heterocycles. The highest BCUT2D eigenvalue weighted by Crippen LogP contribution is 2.32. The summed E-state index contributed by atoms with van der Waals surface area (Å²) in [4.78, 5) is 12.3. The van der Waals surface area contributed by atoms with Gasteiger partial charge in [-0.1, -0.05) is 39.0 Å². The summed E-state index contributed by atoms with van der Waals surface area (Å²) in [5, 5.41) is 6.12. The fourth-order valence-electron chi connectivity index (χ4n) is 2.68. The maximum atomic E-state index is 13.2. The van der Waals surface area contributed by atoms with Gasteiger partial charge in [0.2, 0.25) is 5.91 Å². The fourth-order valence-corrected chi connectivity index (χ4v) is 2.68. The van der Waals surface area contributed by atoms with Crippen LogP contribution in [0.15, 0.2) is 48.5 Å². The number of ether oxygens (including phenoxy) is 1. The molecule has 2 rings (SSSR count). The molecule has 2 aromatic carbocycles. The lowest BCUT2D eigenvalue weighted by Gasteiger charge is -2.32. The van der Waals surface area contributed by atoms with Crippen LogP contribution >= 0.6 is 0 Å². The van der Waals surface area contributed by atoms with Gasteiger partial charge in [-0.2, -0.15) is 0 Å². The van der Waals surface area contributed by atoms with Crippen LogP contribution in [0.25, 0.3) is 0 Å². The quantitative estimate of drug-likeness (QED) is 0.828. The van der Waals surface area contributed by atoms with E-state index in [0.717, 1.165) is 5.56 Å². The van der Waals surface area contributed by atoms with Crippen LogP contribution in [0.4, 0.5) is 10.1 Å². The molecule has 0 fully saturated rings. The van der Waals surface area contributed by atoms with Crippen molar-refractivity contribution >= 4 is 11.6 Å². The first kappa shape index (κ1) is 18.9. The molecule has 0 bridgehead atoms. The van der Waals surface area contributed by atoms with E-state index in [0.29, 0.717) is 11.4 Å². The van der Waals surface area contributed by atoms with Gasteiger partial charge in [-0.05, 0) is 35.2 Å². The van der Waals surface area contributed by atoms with Crippen LogP contribution in [0, 0.1) is 11.2 Å². The highest BCUT2D eigenvalue weighted by atomic mass is 19.1. The van der Waals surface area contributed by atoms with Crippen molar-refractivity contribution in [1.29, 1.82) is 0 Å². The molecule has 0 spiro atoms. The third-order valence-corrected chi connectivity index (χ3v) is 3.89. The summed E-state index contributed by atoms with van der Waals surface area (Å²) < 4.78 is 18.3. The van der Waals surface area contributed by atoms with Crippen molar-refractivity contribution in [2.24, 2.45) is 5.41 Å². The van der Waals surface area contributed by atoms with E-state index in [9.17, 15) is 9.18 Å². The Morgan fingerprint density at radius 3 is 2.44 bits per heavy atom. The number of benzene rings is 2. The first-order chi connectivity index (χ1) is 11.8. The highest BCUT2D eigenvalue weighted by molar-refractivity contribution is 5.92. The average molecular weight is 344 g/mol. The molecule has 2 N–H and O–H groups in total. The molecular weight excluding hydrogens is 319 g/mol. The van der Waals surface area contributed by atoms with Crippen molar-refractivity contribution in [2.75, 3.05) is 19.0 Å². The van der Waals surface area contributed by atoms with Gasteiger partial charge in [0, 0.05) is 17.8 Å². The summed E-state index contributed by atoms with van der Waals surface area (Å²) in [6.45, 7) is 6.38. The first-order valence-corrected chi connectivity index (χ1v) is 8.22. The predicted molar refractivity (Wildman–Crippen MR) is 98.2 cm³/mol. The van der Waals surface area contributed by atoms with E-state index >= 15 is 0 Å². The maximum Gasteiger partial charge on any atom is 0.238 e. The second-order valence-electron chi connectivity index (χ2n) is 7.01. The van der Waals surface area contributed by atoms with Gasteiger partial charge in [0.25, 0.3) is 0 Å². The van der Waals surface area contributed by atoms with Gasteiger partial charge >= 0.3 is 0 Å². The van der Waals surface area contributed by atoms with Gasteiger partial charge in [0.15, 0.2) is 0 Å². The van der Waals surface area contributed by atoms with Crippen molar-refractivity contribution in [3.05, 3.63) is 59.9 Å². The molecule has 25 heavy (non-hydrogen) atoms. The number of carbonyl (C=O) groups excluding carboxylic acids is 1. The minimum absolute atomic E-state index is 0.0795. The molecule has 1 amide bonds. The van der Waals surface area contributed by atoms with Crippen molar-refractivity contribution in [2.45, 2.75) is 26.8 Å². The predicted octanol–water partition coefficient (Wildman–Crippen LogP) is 4.15. The Hall–Kier alpha value is -2.40. The van der Waals surface area contributed by atoms with Gasteiger partial charge in [0.1, 0.15) is 11.6 Å². The molecule has 0 saturated heterocycles. The molecule has 0 aromatic heterocycles. The van der Waals surface area contributed by atoms with E-state index in [4.69, 9.17) is 4.74 Å². The normalized spacial score (nSPS) is 12.5. The highest BCUT2D eigenvalue weighted by Gasteiger charge is 2.26. The van der Waals surface area contributed by atoms with E-state index in [1.165, 1.54) is 12.1 Å². The Labute approximate surface area is 148 Å². The summed E-state index contributed by atoms with van der Waals surface area (Å²) in [5.74, 6) is 0.265. The van der Waals surface area contributed by atoms with Crippen molar-refractivity contribution < 1.29 is 13.9 Å². The maximum absolute atomic E-state index is 13.2. The molecule has 0 saturated carbocycles. The monoisotopic (exact) mass is 344 g/mol. The molecule has 5 heteroatoms. The molecule has 0 aliphatic heterocycles. The second kappa shape index (κ2) is 8.12. The largest absolute Gasteiger partial charge is 0.497 e. The average Bonchev–Trinajstić information content (AvgIpc) is 2.55. The lowest BCUT2D eigenvalue weighted by molar-refractivity contribution is -0.115. The van der Waals surface area contributed by atoms with Gasteiger partial charge < -0.3 is 15.4 Å². The zero-order valence-electron chi connectivity index (χ0n) is 15.1. The number of methoxy groups -OCH3 is 1. The molecule has 0 aliphatic carbocycles. The number of carbonyl (C=O) groups is 1. The molecule has 0 radical (unpaired) electrons. The molecule has 134 valence electrons. The van der Waals surface area contributed by atoms with Crippen molar-refractivity contribution in [1.82, 2.24) is 5.32 Å². The van der Waals surface area contributed by atoms with Crippen LogP contribution in [0.2, 0.25) is 0 Å². The second-order valence-corrected chi connectivity index (χ2v) is 7.01. The van der Waals surface area contributed by atoms with Gasteiger partial charge in [-0.25, -0.2) is 4.39 Å². The number of halogens is 1. The lowest BCUT2D eigenvalue weighted by atomic mass is 9.82. The summed E-state index contributed by atoms with van der Waals surface area (Å²) >= 11 is 0. The molecule has 2 aromatic rings. The third-order valence-electron chi connectivity index (χ3n) is 3.89. The number of hydrogen-bond acceptors (Lipinski definition) is 3. The summed E-state index contributed by atoms with van der Waals surface area (Å²) in [7, 11) is 1.58. The Kier molecular flexibility index (Phi) is 6.15. The van der Waals surface area contributed by atoms with E-state index in [1.54, 1.807) is 25.3 Å². The summed E-state index contributed by atoms with van der Waals surface area (Å²) in [5.41, 5.74) is 1.50.